The van der Waals surface area contributed by atoms with Crippen LogP contribution in [0.5, 0.6) is 0 Å². The highest BCUT2D eigenvalue weighted by Gasteiger charge is 2.25. The number of H-pyrrole nitrogens is 1. The maximum atomic E-state index is 12.2. The van der Waals surface area contributed by atoms with Gasteiger partial charge in [0.25, 0.3) is 5.91 Å². The lowest BCUT2D eigenvalue weighted by atomic mass is 9.92. The Balaban J connectivity index is 1.78. The van der Waals surface area contributed by atoms with Crippen molar-refractivity contribution in [2.24, 2.45) is 0 Å². The van der Waals surface area contributed by atoms with Gasteiger partial charge in [-0.25, -0.2) is 0 Å². The molecule has 1 heterocycles. The predicted molar refractivity (Wildman–Crippen MR) is 78.4 cm³/mol. The summed E-state index contributed by atoms with van der Waals surface area (Å²) in [4.78, 5) is 15.3. The smallest absolute Gasteiger partial charge is 0.268 e. The molecule has 1 aliphatic rings. The molecule has 5 heteroatoms. The molecule has 1 amide bonds. The van der Waals surface area contributed by atoms with Gasteiger partial charge in [0.05, 0.1) is 12.1 Å². The Kier molecular flexibility index (Phi) is 3.36. The molecule has 0 radical (unpaired) electrons. The SMILES string of the molecule is Nc1ccc2[nH]c(C(=O)N[C@H]3CCCC[C@@H]3O)cc2c1. The highest BCUT2D eigenvalue weighted by Crippen LogP contribution is 2.21. The number of benzene rings is 1. The highest BCUT2D eigenvalue weighted by atomic mass is 16.3. The maximum Gasteiger partial charge on any atom is 0.268 e. The Labute approximate surface area is 117 Å². The summed E-state index contributed by atoms with van der Waals surface area (Å²) < 4.78 is 0. The van der Waals surface area contributed by atoms with E-state index in [1.54, 1.807) is 12.1 Å². The van der Waals surface area contributed by atoms with E-state index in [4.69, 9.17) is 5.73 Å². The van der Waals surface area contributed by atoms with E-state index < -0.39 is 6.10 Å². The molecule has 0 bridgehead atoms. The number of aromatic nitrogens is 1. The number of carbonyl (C=O) groups is 1. The molecule has 1 aromatic carbocycles. The van der Waals surface area contributed by atoms with Gasteiger partial charge in [-0.15, -0.1) is 0 Å². The zero-order chi connectivity index (χ0) is 14.1. The lowest BCUT2D eigenvalue weighted by Gasteiger charge is -2.28. The van der Waals surface area contributed by atoms with E-state index in [9.17, 15) is 9.90 Å². The second-order valence-corrected chi connectivity index (χ2v) is 5.46. The van der Waals surface area contributed by atoms with E-state index in [1.807, 2.05) is 12.1 Å². The molecule has 0 unspecified atom stereocenters. The molecule has 5 N–H and O–H groups in total. The van der Waals surface area contributed by atoms with Crippen LogP contribution in [0.25, 0.3) is 10.9 Å². The average Bonchev–Trinajstić information content (AvgIpc) is 2.84. The molecular formula is C15H19N3O2. The molecule has 20 heavy (non-hydrogen) atoms. The van der Waals surface area contributed by atoms with Gasteiger partial charge in [-0.3, -0.25) is 4.79 Å². The minimum atomic E-state index is -0.437. The largest absolute Gasteiger partial charge is 0.399 e. The molecule has 0 aliphatic heterocycles. The van der Waals surface area contributed by atoms with Gasteiger partial charge in [0.2, 0.25) is 0 Å². The number of hydrogen-bond donors (Lipinski definition) is 4. The fourth-order valence-electron chi connectivity index (χ4n) is 2.80. The zero-order valence-corrected chi connectivity index (χ0v) is 11.2. The summed E-state index contributed by atoms with van der Waals surface area (Å²) in [5.74, 6) is -0.175. The molecule has 5 nitrogen and oxygen atoms in total. The Bertz CT molecular complexity index is 635. The topological polar surface area (TPSA) is 91.1 Å². The van der Waals surface area contributed by atoms with Crippen molar-refractivity contribution in [1.29, 1.82) is 0 Å². The van der Waals surface area contributed by atoms with E-state index in [2.05, 4.69) is 10.3 Å². The Morgan fingerprint density at radius 1 is 1.30 bits per heavy atom. The summed E-state index contributed by atoms with van der Waals surface area (Å²) in [6.45, 7) is 0. The number of hydrogen-bond acceptors (Lipinski definition) is 3. The molecule has 3 rings (SSSR count). The number of nitrogens with one attached hydrogen (secondary N) is 2. The van der Waals surface area contributed by atoms with Crippen LogP contribution in [-0.4, -0.2) is 28.1 Å². The summed E-state index contributed by atoms with van der Waals surface area (Å²) >= 11 is 0. The summed E-state index contributed by atoms with van der Waals surface area (Å²) in [5.41, 5.74) is 7.79. The molecule has 1 saturated carbocycles. The van der Waals surface area contributed by atoms with Gasteiger partial charge in [-0.2, -0.15) is 0 Å². The summed E-state index contributed by atoms with van der Waals surface area (Å²) in [6.07, 6.45) is 3.23. The van der Waals surface area contributed by atoms with Crippen molar-refractivity contribution in [2.75, 3.05) is 5.73 Å². The Hall–Kier alpha value is -2.01. The molecule has 2 atom stereocenters. The minimum absolute atomic E-state index is 0.146. The minimum Gasteiger partial charge on any atom is -0.399 e. The first kappa shape index (κ1) is 13.0. The van der Waals surface area contributed by atoms with Crippen LogP contribution in [0.3, 0.4) is 0 Å². The van der Waals surface area contributed by atoms with Gasteiger partial charge >= 0.3 is 0 Å². The van der Waals surface area contributed by atoms with Crippen molar-refractivity contribution in [1.82, 2.24) is 10.3 Å². The first-order valence-corrected chi connectivity index (χ1v) is 7.00. The number of nitrogens with two attached hydrogens (primary N) is 1. The van der Waals surface area contributed by atoms with E-state index in [0.29, 0.717) is 11.4 Å². The molecule has 0 saturated heterocycles. The zero-order valence-electron chi connectivity index (χ0n) is 11.2. The van der Waals surface area contributed by atoms with Crippen LogP contribution < -0.4 is 11.1 Å². The molecule has 0 spiro atoms. The number of aliphatic hydroxyl groups is 1. The third kappa shape index (κ3) is 2.49. The molecule has 106 valence electrons. The normalized spacial score (nSPS) is 22.9. The fraction of sp³-hybridized carbons (Fsp3) is 0.400. The van der Waals surface area contributed by atoms with Crippen LogP contribution in [-0.2, 0) is 0 Å². The maximum absolute atomic E-state index is 12.2. The standard InChI is InChI=1S/C15H19N3O2/c16-10-5-6-11-9(7-10)8-13(17-11)15(20)18-12-3-1-2-4-14(12)19/h5-8,12,14,17,19H,1-4,16H2,(H,18,20)/t12-,14-/m0/s1. The average molecular weight is 273 g/mol. The number of carbonyl (C=O) groups excluding carboxylic acids is 1. The van der Waals surface area contributed by atoms with Gasteiger partial charge in [-0.05, 0) is 37.1 Å². The summed E-state index contributed by atoms with van der Waals surface area (Å²) in [5, 5.41) is 13.7. The second-order valence-electron chi connectivity index (χ2n) is 5.46. The van der Waals surface area contributed by atoms with Gasteiger partial charge in [0.1, 0.15) is 5.69 Å². The number of aliphatic hydroxyl groups excluding tert-OH is 1. The quantitative estimate of drug-likeness (QED) is 0.629. The van der Waals surface area contributed by atoms with Crippen LogP contribution >= 0.6 is 0 Å². The third-order valence-corrected chi connectivity index (χ3v) is 3.94. The lowest BCUT2D eigenvalue weighted by molar-refractivity contribution is 0.0714. The Morgan fingerprint density at radius 3 is 2.90 bits per heavy atom. The number of aromatic amines is 1. The second kappa shape index (κ2) is 5.17. The number of nitrogen functional groups attached to an aromatic ring is 1. The molecule has 1 aromatic heterocycles. The number of amides is 1. The molecular weight excluding hydrogens is 254 g/mol. The van der Waals surface area contributed by atoms with Crippen molar-refractivity contribution in [3.05, 3.63) is 30.0 Å². The number of rotatable bonds is 2. The van der Waals surface area contributed by atoms with E-state index in [-0.39, 0.29) is 11.9 Å². The van der Waals surface area contributed by atoms with Gasteiger partial charge in [-0.1, -0.05) is 12.8 Å². The van der Waals surface area contributed by atoms with Crippen molar-refractivity contribution < 1.29 is 9.90 Å². The van der Waals surface area contributed by atoms with E-state index in [1.165, 1.54) is 0 Å². The fourth-order valence-corrected chi connectivity index (χ4v) is 2.80. The molecule has 1 aliphatic carbocycles. The van der Waals surface area contributed by atoms with Gasteiger partial charge in [0, 0.05) is 16.6 Å². The molecule has 1 fully saturated rings. The third-order valence-electron chi connectivity index (χ3n) is 3.94. The summed E-state index contributed by atoms with van der Waals surface area (Å²) in [7, 11) is 0. The van der Waals surface area contributed by atoms with E-state index in [0.717, 1.165) is 36.6 Å². The van der Waals surface area contributed by atoms with Crippen molar-refractivity contribution in [3.63, 3.8) is 0 Å². The van der Waals surface area contributed by atoms with Crippen LogP contribution in [0.1, 0.15) is 36.2 Å². The molecule has 2 aromatic rings. The van der Waals surface area contributed by atoms with Crippen molar-refractivity contribution in [2.45, 2.75) is 37.8 Å². The van der Waals surface area contributed by atoms with Crippen LogP contribution in [0.2, 0.25) is 0 Å². The number of anilines is 1. The lowest BCUT2D eigenvalue weighted by Crippen LogP contribution is -2.45. The van der Waals surface area contributed by atoms with Crippen LogP contribution in [0.4, 0.5) is 5.69 Å². The monoisotopic (exact) mass is 273 g/mol. The van der Waals surface area contributed by atoms with Crippen molar-refractivity contribution >= 4 is 22.5 Å². The van der Waals surface area contributed by atoms with Gasteiger partial charge < -0.3 is 21.1 Å². The predicted octanol–water partition coefficient (Wildman–Crippen LogP) is 1.78. The van der Waals surface area contributed by atoms with Crippen LogP contribution in [0, 0.1) is 0 Å². The van der Waals surface area contributed by atoms with Crippen LogP contribution in [0.15, 0.2) is 24.3 Å². The first-order valence-electron chi connectivity index (χ1n) is 7.00. The summed E-state index contributed by atoms with van der Waals surface area (Å²) in [6, 6.07) is 7.13. The van der Waals surface area contributed by atoms with Crippen molar-refractivity contribution in [3.8, 4) is 0 Å². The first-order chi connectivity index (χ1) is 9.63. The Morgan fingerprint density at radius 2 is 2.10 bits per heavy atom. The highest BCUT2D eigenvalue weighted by molar-refractivity contribution is 5.98. The number of fused-ring (bicyclic) bond motifs is 1. The van der Waals surface area contributed by atoms with Gasteiger partial charge in [0.15, 0.2) is 0 Å². The van der Waals surface area contributed by atoms with E-state index >= 15 is 0 Å².